The number of aromatic nitrogens is 2. The summed E-state index contributed by atoms with van der Waals surface area (Å²) >= 11 is 0. The molecular weight excluding hydrogens is 428 g/mol. The highest BCUT2D eigenvalue weighted by atomic mass is 16.2. The SMILES string of the molecule is CC(c1cc2ccccc2[nH]1)N(C)C(=O)C=Cc1ccc(N2C(=O)c3ccccc3C2=O)nc1. The number of hydrogen-bond donors (Lipinski definition) is 1. The first-order chi connectivity index (χ1) is 16.4. The molecule has 34 heavy (non-hydrogen) atoms. The Morgan fingerprint density at radius 1 is 1.00 bits per heavy atom. The maximum absolute atomic E-state index is 12.7. The zero-order chi connectivity index (χ0) is 23.8. The molecule has 3 heterocycles. The third-order valence-corrected chi connectivity index (χ3v) is 6.14. The smallest absolute Gasteiger partial charge is 0.267 e. The van der Waals surface area contributed by atoms with E-state index in [0.717, 1.165) is 21.5 Å². The Balaban J connectivity index is 1.28. The highest BCUT2D eigenvalue weighted by molar-refractivity contribution is 6.34. The van der Waals surface area contributed by atoms with Gasteiger partial charge in [-0.05, 0) is 60.3 Å². The molecule has 0 saturated heterocycles. The molecule has 0 fully saturated rings. The van der Waals surface area contributed by atoms with Gasteiger partial charge in [-0.1, -0.05) is 30.3 Å². The van der Waals surface area contributed by atoms with Crippen LogP contribution >= 0.6 is 0 Å². The first-order valence-corrected chi connectivity index (χ1v) is 10.9. The fraction of sp³-hybridized carbons (Fsp3) is 0.111. The molecule has 0 bridgehead atoms. The Hall–Kier alpha value is -4.52. The van der Waals surface area contributed by atoms with Crippen LogP contribution in [-0.2, 0) is 4.79 Å². The zero-order valence-corrected chi connectivity index (χ0v) is 18.7. The molecule has 2 aromatic carbocycles. The van der Waals surface area contributed by atoms with Gasteiger partial charge in [0, 0.05) is 30.5 Å². The Labute approximate surface area is 196 Å². The molecule has 1 aliphatic heterocycles. The molecular formula is C27H22N4O3. The minimum Gasteiger partial charge on any atom is -0.357 e. The minimum atomic E-state index is -0.390. The first kappa shape index (κ1) is 21.3. The van der Waals surface area contributed by atoms with Gasteiger partial charge in [0.25, 0.3) is 11.8 Å². The topological polar surface area (TPSA) is 86.4 Å². The van der Waals surface area contributed by atoms with Crippen molar-refractivity contribution in [3.05, 3.63) is 101 Å². The molecule has 0 aliphatic carbocycles. The molecule has 1 atom stereocenters. The summed E-state index contributed by atoms with van der Waals surface area (Å²) in [6, 6.07) is 19.9. The summed E-state index contributed by atoms with van der Waals surface area (Å²) in [6.45, 7) is 1.97. The van der Waals surface area contributed by atoms with Gasteiger partial charge < -0.3 is 9.88 Å². The summed E-state index contributed by atoms with van der Waals surface area (Å²) in [6.07, 6.45) is 4.68. The molecule has 7 nitrogen and oxygen atoms in total. The molecule has 0 saturated carbocycles. The molecule has 1 unspecified atom stereocenters. The number of amides is 3. The van der Waals surface area contributed by atoms with Crippen molar-refractivity contribution >= 4 is 40.5 Å². The first-order valence-electron chi connectivity index (χ1n) is 10.9. The number of carbonyl (C=O) groups excluding carboxylic acids is 3. The molecule has 168 valence electrons. The van der Waals surface area contributed by atoms with E-state index in [-0.39, 0.29) is 29.6 Å². The van der Waals surface area contributed by atoms with Crippen LogP contribution in [0.3, 0.4) is 0 Å². The Morgan fingerprint density at radius 2 is 1.68 bits per heavy atom. The molecule has 4 aromatic rings. The summed E-state index contributed by atoms with van der Waals surface area (Å²) in [4.78, 5) is 48.3. The van der Waals surface area contributed by atoms with E-state index in [1.807, 2.05) is 31.2 Å². The van der Waals surface area contributed by atoms with Crippen molar-refractivity contribution in [2.24, 2.45) is 0 Å². The predicted molar refractivity (Wildman–Crippen MR) is 130 cm³/mol. The van der Waals surface area contributed by atoms with Gasteiger partial charge in [0.05, 0.1) is 17.2 Å². The Morgan fingerprint density at radius 3 is 2.32 bits per heavy atom. The van der Waals surface area contributed by atoms with Crippen molar-refractivity contribution in [3.8, 4) is 0 Å². The van der Waals surface area contributed by atoms with Crippen molar-refractivity contribution in [1.82, 2.24) is 14.9 Å². The van der Waals surface area contributed by atoms with Crippen LogP contribution < -0.4 is 4.90 Å². The molecule has 1 aliphatic rings. The lowest BCUT2D eigenvalue weighted by Crippen LogP contribution is -2.30. The summed E-state index contributed by atoms with van der Waals surface area (Å²) in [5, 5.41) is 1.10. The third-order valence-electron chi connectivity index (χ3n) is 6.14. The number of pyridine rings is 1. The second-order valence-electron chi connectivity index (χ2n) is 8.21. The number of fused-ring (bicyclic) bond motifs is 2. The van der Waals surface area contributed by atoms with Crippen LogP contribution in [0, 0.1) is 0 Å². The van der Waals surface area contributed by atoms with Gasteiger partial charge in [-0.15, -0.1) is 0 Å². The number of carbonyl (C=O) groups is 3. The van der Waals surface area contributed by atoms with E-state index in [0.29, 0.717) is 16.7 Å². The van der Waals surface area contributed by atoms with Gasteiger partial charge in [-0.25, -0.2) is 9.88 Å². The number of anilines is 1. The van der Waals surface area contributed by atoms with Gasteiger partial charge in [0.1, 0.15) is 5.82 Å². The highest BCUT2D eigenvalue weighted by Gasteiger charge is 2.36. The van der Waals surface area contributed by atoms with Crippen molar-refractivity contribution in [2.75, 3.05) is 11.9 Å². The van der Waals surface area contributed by atoms with Gasteiger partial charge in [-0.3, -0.25) is 14.4 Å². The number of rotatable bonds is 5. The number of hydrogen-bond acceptors (Lipinski definition) is 4. The van der Waals surface area contributed by atoms with E-state index < -0.39 is 0 Å². The lowest BCUT2D eigenvalue weighted by molar-refractivity contribution is -0.126. The lowest BCUT2D eigenvalue weighted by atomic mass is 10.1. The molecule has 1 N–H and O–H groups in total. The number of para-hydroxylation sites is 1. The zero-order valence-electron chi connectivity index (χ0n) is 18.7. The average Bonchev–Trinajstić information content (AvgIpc) is 3.41. The van der Waals surface area contributed by atoms with E-state index in [9.17, 15) is 14.4 Å². The minimum absolute atomic E-state index is 0.140. The summed E-state index contributed by atoms with van der Waals surface area (Å²) in [5.41, 5.74) is 3.41. The number of benzene rings is 2. The highest BCUT2D eigenvalue weighted by Crippen LogP contribution is 2.27. The fourth-order valence-electron chi connectivity index (χ4n) is 4.03. The van der Waals surface area contributed by atoms with Crippen molar-refractivity contribution in [2.45, 2.75) is 13.0 Å². The van der Waals surface area contributed by atoms with Crippen molar-refractivity contribution < 1.29 is 14.4 Å². The summed E-state index contributed by atoms with van der Waals surface area (Å²) in [7, 11) is 1.76. The average molecular weight is 450 g/mol. The van der Waals surface area contributed by atoms with Crippen molar-refractivity contribution in [3.63, 3.8) is 0 Å². The molecule has 7 heteroatoms. The summed E-state index contributed by atoms with van der Waals surface area (Å²) in [5.74, 6) is -0.687. The standard InChI is InChI=1S/C27H22N4O3/c1-17(23-15-19-7-3-6-10-22(19)29-23)30(2)25(32)14-12-18-11-13-24(28-16-18)31-26(33)20-8-4-5-9-21(20)27(31)34/h3-17,29H,1-2H3. The van der Waals surface area contributed by atoms with Crippen molar-refractivity contribution in [1.29, 1.82) is 0 Å². The third kappa shape index (κ3) is 3.67. The Kier molecular flexibility index (Phi) is 5.30. The number of likely N-dealkylation sites (N-methyl/N-ethyl adjacent to an activating group) is 1. The normalized spacial score (nSPS) is 14.1. The lowest BCUT2D eigenvalue weighted by Gasteiger charge is -2.22. The van der Waals surface area contributed by atoms with Gasteiger partial charge in [0.2, 0.25) is 5.91 Å². The number of nitrogens with one attached hydrogen (secondary N) is 1. The number of imide groups is 1. The molecule has 0 spiro atoms. The quantitative estimate of drug-likeness (QED) is 0.356. The van der Waals surface area contributed by atoms with E-state index in [2.05, 4.69) is 16.0 Å². The molecule has 3 amide bonds. The van der Waals surface area contributed by atoms with Crippen LogP contribution in [0.1, 0.15) is 44.9 Å². The number of H-pyrrole nitrogens is 1. The monoisotopic (exact) mass is 450 g/mol. The molecule has 5 rings (SSSR count). The van der Waals surface area contributed by atoms with Crippen LogP contribution in [0.4, 0.5) is 5.82 Å². The van der Waals surface area contributed by atoms with E-state index in [1.54, 1.807) is 54.4 Å². The van der Waals surface area contributed by atoms with Crippen LogP contribution in [0.5, 0.6) is 0 Å². The fourth-order valence-corrected chi connectivity index (χ4v) is 4.03. The second-order valence-corrected chi connectivity index (χ2v) is 8.21. The predicted octanol–water partition coefficient (Wildman–Crippen LogP) is 4.60. The number of nitrogens with zero attached hydrogens (tertiary/aromatic N) is 3. The Bertz CT molecular complexity index is 1380. The number of aromatic amines is 1. The van der Waals surface area contributed by atoms with E-state index in [1.165, 1.54) is 12.3 Å². The van der Waals surface area contributed by atoms with Crippen LogP contribution in [0.25, 0.3) is 17.0 Å². The molecule has 2 aromatic heterocycles. The van der Waals surface area contributed by atoms with Gasteiger partial charge >= 0.3 is 0 Å². The van der Waals surface area contributed by atoms with E-state index in [4.69, 9.17) is 0 Å². The van der Waals surface area contributed by atoms with E-state index >= 15 is 0 Å². The summed E-state index contributed by atoms with van der Waals surface area (Å²) < 4.78 is 0. The molecule has 0 radical (unpaired) electrons. The second kappa shape index (κ2) is 8.44. The van der Waals surface area contributed by atoms with Crippen LogP contribution in [0.15, 0.2) is 79.0 Å². The van der Waals surface area contributed by atoms with Gasteiger partial charge in [-0.2, -0.15) is 0 Å². The van der Waals surface area contributed by atoms with Crippen LogP contribution in [0.2, 0.25) is 0 Å². The largest absolute Gasteiger partial charge is 0.357 e. The maximum Gasteiger partial charge on any atom is 0.267 e. The van der Waals surface area contributed by atoms with Crippen LogP contribution in [-0.4, -0.2) is 39.6 Å². The van der Waals surface area contributed by atoms with Gasteiger partial charge in [0.15, 0.2) is 0 Å². The maximum atomic E-state index is 12.7.